The Labute approximate surface area is 81.0 Å². The largest absolute Gasteiger partial charge is 0.437 e. The summed E-state index contributed by atoms with van der Waals surface area (Å²) in [5.74, 6) is 0. The topological polar surface area (TPSA) is 36.1 Å². The van der Waals surface area contributed by atoms with Crippen LogP contribution in [0.4, 0.5) is 17.1 Å². The van der Waals surface area contributed by atoms with Crippen LogP contribution in [0.5, 0.6) is 0 Å². The number of anilines is 3. The van der Waals surface area contributed by atoms with Crippen molar-refractivity contribution in [1.29, 1.82) is 0 Å². The molecule has 1 rings (SSSR count). The number of rotatable bonds is 4. The van der Waals surface area contributed by atoms with E-state index in [-0.39, 0.29) is 0 Å². The molecule has 0 aliphatic rings. The zero-order valence-electron chi connectivity index (χ0n) is 7.89. The second-order valence-corrected chi connectivity index (χ2v) is 2.63. The van der Waals surface area contributed by atoms with Crippen molar-refractivity contribution < 1.29 is 0 Å². The smallest absolute Gasteiger partial charge is 0.239 e. The van der Waals surface area contributed by atoms with Gasteiger partial charge in [-0.25, -0.2) is 0 Å². The second kappa shape index (κ2) is 4.70. The molecule has 65 valence electrons. The second-order valence-electron chi connectivity index (χ2n) is 2.63. The lowest BCUT2D eigenvalue weighted by atomic mass is 9.99. The third-order valence-corrected chi connectivity index (χ3v) is 1.70. The summed E-state index contributed by atoms with van der Waals surface area (Å²) in [5.41, 5.74) is 2.89. The fourth-order valence-corrected chi connectivity index (χ4v) is 1.11. The van der Waals surface area contributed by atoms with Gasteiger partial charge in [0.15, 0.2) is 0 Å². The van der Waals surface area contributed by atoms with E-state index < -0.39 is 0 Å². The van der Waals surface area contributed by atoms with Gasteiger partial charge in [-0.2, -0.15) is 0 Å². The van der Waals surface area contributed by atoms with Crippen LogP contribution in [0.2, 0.25) is 6.82 Å². The van der Waals surface area contributed by atoms with Crippen LogP contribution in [0.15, 0.2) is 18.2 Å². The third kappa shape index (κ3) is 2.61. The molecule has 5 heteroatoms. The van der Waals surface area contributed by atoms with Gasteiger partial charge in [0.1, 0.15) is 0 Å². The van der Waals surface area contributed by atoms with Crippen molar-refractivity contribution in [2.75, 3.05) is 22.8 Å². The molecular weight excluding hydrogens is 160 g/mol. The lowest BCUT2D eigenvalue weighted by Gasteiger charge is -2.09. The summed E-state index contributed by atoms with van der Waals surface area (Å²) in [7, 11) is 9.06. The summed E-state index contributed by atoms with van der Waals surface area (Å²) in [6, 6.07) is 5.86. The van der Waals surface area contributed by atoms with Crippen molar-refractivity contribution in [1.82, 2.24) is 0 Å². The van der Waals surface area contributed by atoms with E-state index in [1.165, 1.54) is 0 Å². The molecule has 0 aliphatic carbocycles. The normalized spacial score (nSPS) is 9.08. The van der Waals surface area contributed by atoms with Gasteiger partial charge in [-0.15, -0.1) is 0 Å². The maximum Gasteiger partial charge on any atom is 0.239 e. The van der Waals surface area contributed by atoms with E-state index in [0.29, 0.717) is 0 Å². The van der Waals surface area contributed by atoms with Gasteiger partial charge in [-0.1, -0.05) is 6.82 Å². The van der Waals surface area contributed by atoms with Gasteiger partial charge in [-0.3, -0.25) is 0 Å². The molecule has 13 heavy (non-hydrogen) atoms. The quantitative estimate of drug-likeness (QED) is 0.598. The average Bonchev–Trinajstić information content (AvgIpc) is 2.17. The highest BCUT2D eigenvalue weighted by Crippen LogP contribution is 2.21. The van der Waals surface area contributed by atoms with E-state index in [9.17, 15) is 0 Å². The van der Waals surface area contributed by atoms with Crippen LogP contribution in [0.1, 0.15) is 0 Å². The van der Waals surface area contributed by atoms with Gasteiger partial charge in [-0.05, 0) is 18.2 Å². The van der Waals surface area contributed by atoms with Gasteiger partial charge < -0.3 is 15.8 Å². The highest BCUT2D eigenvalue weighted by Gasteiger charge is 1.97. The minimum atomic E-state index is 0.871. The van der Waals surface area contributed by atoms with Crippen LogP contribution in [-0.2, 0) is 0 Å². The molecule has 0 unspecified atom stereocenters. The summed E-state index contributed by atoms with van der Waals surface area (Å²) in [5, 5.41) is 8.75. The molecule has 0 bridgehead atoms. The third-order valence-electron chi connectivity index (χ3n) is 1.70. The Balaban J connectivity index is 2.93. The summed E-state index contributed by atoms with van der Waals surface area (Å²) >= 11 is 0. The van der Waals surface area contributed by atoms with E-state index in [4.69, 9.17) is 7.98 Å². The summed E-state index contributed by atoms with van der Waals surface area (Å²) < 4.78 is 0. The van der Waals surface area contributed by atoms with Gasteiger partial charge in [0.25, 0.3) is 0 Å². The number of hydrogen-bond acceptors (Lipinski definition) is 3. The minimum absolute atomic E-state index is 0.871. The van der Waals surface area contributed by atoms with Crippen molar-refractivity contribution in [3.8, 4) is 0 Å². The molecule has 1 aromatic rings. The number of nitrogens with one attached hydrogen (secondary N) is 3. The summed E-state index contributed by atoms with van der Waals surface area (Å²) in [6.07, 6.45) is 0. The van der Waals surface area contributed by atoms with Crippen LogP contribution in [-0.4, -0.2) is 22.4 Å². The molecular formula is C8H12B2N3. The molecule has 3 radical (unpaired) electrons. The minimum Gasteiger partial charge on any atom is -0.437 e. The molecule has 3 N–H and O–H groups in total. The number of hydrogen-bond donors (Lipinski definition) is 3. The predicted molar refractivity (Wildman–Crippen MR) is 60.6 cm³/mol. The van der Waals surface area contributed by atoms with Crippen molar-refractivity contribution in [2.45, 2.75) is 6.82 Å². The average molecular weight is 172 g/mol. The van der Waals surface area contributed by atoms with Gasteiger partial charge in [0.05, 0.1) is 0 Å². The zero-order valence-corrected chi connectivity index (χ0v) is 7.89. The van der Waals surface area contributed by atoms with E-state index in [0.717, 1.165) is 17.1 Å². The Morgan fingerprint density at radius 2 is 1.77 bits per heavy atom. The Morgan fingerprint density at radius 3 is 2.31 bits per heavy atom. The van der Waals surface area contributed by atoms with Crippen molar-refractivity contribution >= 4 is 32.5 Å². The molecule has 3 nitrogen and oxygen atoms in total. The van der Waals surface area contributed by atoms with Crippen LogP contribution in [0.25, 0.3) is 0 Å². The van der Waals surface area contributed by atoms with Gasteiger partial charge in [0, 0.05) is 24.1 Å². The van der Waals surface area contributed by atoms with E-state index >= 15 is 0 Å². The Bertz CT molecular complexity index is 256. The molecule has 0 fully saturated rings. The first-order valence-electron chi connectivity index (χ1n) is 4.14. The maximum atomic E-state index is 5.32. The molecule has 0 spiro atoms. The van der Waals surface area contributed by atoms with Crippen LogP contribution in [0.3, 0.4) is 0 Å². The Morgan fingerprint density at radius 1 is 1.15 bits per heavy atom. The van der Waals surface area contributed by atoms with Crippen molar-refractivity contribution in [3.05, 3.63) is 18.2 Å². The van der Waals surface area contributed by atoms with E-state index in [1.807, 2.05) is 39.5 Å². The predicted octanol–water partition coefficient (Wildman–Crippen LogP) is 1.30. The molecule has 0 saturated carbocycles. The maximum absolute atomic E-state index is 5.32. The zero-order chi connectivity index (χ0) is 9.68. The first-order valence-corrected chi connectivity index (χ1v) is 4.14. The Kier molecular flexibility index (Phi) is 3.55. The van der Waals surface area contributed by atoms with Crippen LogP contribution < -0.4 is 15.8 Å². The molecule has 0 atom stereocenters. The first kappa shape index (κ1) is 9.83. The highest BCUT2D eigenvalue weighted by atomic mass is 14.8. The van der Waals surface area contributed by atoms with E-state index in [1.54, 1.807) is 0 Å². The Hall–Kier alpha value is -1.25. The molecule has 0 heterocycles. The van der Waals surface area contributed by atoms with Crippen LogP contribution >= 0.6 is 0 Å². The van der Waals surface area contributed by atoms with Gasteiger partial charge >= 0.3 is 0 Å². The van der Waals surface area contributed by atoms with Gasteiger partial charge in [0.2, 0.25) is 15.4 Å². The molecule has 0 amide bonds. The lowest BCUT2D eigenvalue weighted by molar-refractivity contribution is 1.51. The SMILES string of the molecule is [B]Nc1cc(NC)cc(N[B]C)c1. The van der Waals surface area contributed by atoms with Crippen molar-refractivity contribution in [2.24, 2.45) is 0 Å². The summed E-state index contributed by atoms with van der Waals surface area (Å²) in [4.78, 5) is 0. The molecule has 0 aromatic heterocycles. The fraction of sp³-hybridized carbons (Fsp3) is 0.250. The number of benzene rings is 1. The molecule has 0 saturated heterocycles. The molecule has 0 aliphatic heterocycles. The van der Waals surface area contributed by atoms with Crippen LogP contribution in [0, 0.1) is 0 Å². The monoisotopic (exact) mass is 172 g/mol. The first-order chi connectivity index (χ1) is 6.30. The highest BCUT2D eigenvalue weighted by molar-refractivity contribution is 6.38. The molecule has 1 aromatic carbocycles. The fourth-order valence-electron chi connectivity index (χ4n) is 1.11. The van der Waals surface area contributed by atoms with E-state index in [2.05, 4.69) is 15.8 Å². The lowest BCUT2D eigenvalue weighted by Crippen LogP contribution is -2.02. The van der Waals surface area contributed by atoms with Crippen molar-refractivity contribution in [3.63, 3.8) is 0 Å². The summed E-state index contributed by atoms with van der Waals surface area (Å²) in [6.45, 7) is 1.93. The standard InChI is InChI=1S/C8H12B2N3/c1-10-13-8-4-6(11-2)3-7(5-8)12-9/h3-5,11-13H,1-2H3.